The van der Waals surface area contributed by atoms with Crippen LogP contribution in [0, 0.1) is 12.7 Å². The minimum atomic E-state index is -0.506. The maximum Gasteiger partial charge on any atom is 0.251 e. The van der Waals surface area contributed by atoms with E-state index in [1.165, 1.54) is 17.7 Å². The summed E-state index contributed by atoms with van der Waals surface area (Å²) in [6.45, 7) is 26.2. The Kier molecular flexibility index (Phi) is 12.7. The Labute approximate surface area is 352 Å². The SMILES string of the molecule is CC(C)(C)NC(=O)c1cc(-c2ccc(F)c(Cl)c2)nc(-c2ccnn2C(C)(C)C)c1.Cc1ccc(-c2cc(C(=O)NC(C)(C)C)cc(-c3ccnn3C(C)(C)C)n2)cc1. The fourth-order valence-electron chi connectivity index (χ4n) is 6.15. The maximum absolute atomic E-state index is 13.7. The highest BCUT2D eigenvalue weighted by Crippen LogP contribution is 2.31. The fraction of sp³-hybridized carbons (Fsp3) is 0.362. The monoisotopic (exact) mass is 818 g/mol. The molecule has 0 aliphatic rings. The number of aromatic nitrogens is 6. The lowest BCUT2D eigenvalue weighted by Crippen LogP contribution is -2.40. The summed E-state index contributed by atoms with van der Waals surface area (Å²) in [5.41, 5.74) is 6.91. The van der Waals surface area contributed by atoms with Crippen LogP contribution < -0.4 is 10.6 Å². The Bertz CT molecular complexity index is 2460. The molecule has 12 heteroatoms. The molecule has 6 aromatic rings. The minimum Gasteiger partial charge on any atom is -0.347 e. The normalized spacial score (nSPS) is 12.1. The lowest BCUT2D eigenvalue weighted by Gasteiger charge is -2.23. The number of amides is 2. The largest absolute Gasteiger partial charge is 0.347 e. The molecule has 0 unspecified atom stereocenters. The summed E-state index contributed by atoms with van der Waals surface area (Å²) >= 11 is 5.98. The molecule has 0 saturated heterocycles. The van der Waals surface area contributed by atoms with Gasteiger partial charge in [-0.2, -0.15) is 10.2 Å². The van der Waals surface area contributed by atoms with Crippen molar-refractivity contribution in [1.82, 2.24) is 40.2 Å². The molecule has 0 spiro atoms. The second-order valence-corrected chi connectivity index (χ2v) is 19.2. The van der Waals surface area contributed by atoms with Gasteiger partial charge < -0.3 is 10.6 Å². The lowest BCUT2D eigenvalue weighted by molar-refractivity contribution is 0.0910. The average molecular weight is 819 g/mol. The standard InChI is InChI=1S/C24H30N4O.C23H26ClFN4O/c1-16-8-10-17(11-9-16)19-14-18(22(29)27-23(2,3)4)15-20(26-19)21-12-13-25-28(21)24(5,6)7;1-22(2,3)28-21(30)15-12-18(14-7-8-17(25)16(24)11-14)27-19(13-15)20-9-10-26-29(20)23(4,5)6/h8-15H,1-7H3,(H,27,29);7-13H,1-6H3,(H,28,30). The van der Waals surface area contributed by atoms with Gasteiger partial charge in [-0.15, -0.1) is 0 Å². The first-order valence-electron chi connectivity index (χ1n) is 19.6. The molecule has 4 aromatic heterocycles. The number of halogens is 2. The first-order chi connectivity index (χ1) is 27.3. The first-order valence-corrected chi connectivity index (χ1v) is 20.0. The second-order valence-electron chi connectivity index (χ2n) is 18.8. The molecule has 59 heavy (non-hydrogen) atoms. The van der Waals surface area contributed by atoms with Crippen molar-refractivity contribution in [1.29, 1.82) is 0 Å². The topological polar surface area (TPSA) is 120 Å². The van der Waals surface area contributed by atoms with Crippen molar-refractivity contribution in [3.63, 3.8) is 0 Å². The van der Waals surface area contributed by atoms with Gasteiger partial charge in [0.15, 0.2) is 0 Å². The highest BCUT2D eigenvalue weighted by atomic mass is 35.5. The summed E-state index contributed by atoms with van der Waals surface area (Å²) in [5, 5.41) is 14.9. The lowest BCUT2D eigenvalue weighted by atomic mass is 10.0. The summed E-state index contributed by atoms with van der Waals surface area (Å²) in [6, 6.07) is 23.5. The molecular weight excluding hydrogens is 763 g/mol. The smallest absolute Gasteiger partial charge is 0.251 e. The van der Waals surface area contributed by atoms with E-state index in [4.69, 9.17) is 21.6 Å². The van der Waals surface area contributed by atoms with Crippen LogP contribution >= 0.6 is 11.6 Å². The fourth-order valence-corrected chi connectivity index (χ4v) is 6.33. The van der Waals surface area contributed by atoms with Gasteiger partial charge in [-0.1, -0.05) is 41.4 Å². The van der Waals surface area contributed by atoms with Gasteiger partial charge >= 0.3 is 0 Å². The first kappa shape index (κ1) is 44.4. The van der Waals surface area contributed by atoms with Gasteiger partial charge in [0.25, 0.3) is 11.8 Å². The van der Waals surface area contributed by atoms with Crippen LogP contribution in [0.1, 0.15) is 109 Å². The van der Waals surface area contributed by atoms with Crippen LogP contribution in [0.15, 0.2) is 91.3 Å². The van der Waals surface area contributed by atoms with Gasteiger partial charge in [0.05, 0.1) is 50.3 Å². The Hall–Kier alpha value is -5.68. The molecule has 2 aromatic carbocycles. The summed E-state index contributed by atoms with van der Waals surface area (Å²) in [6.07, 6.45) is 3.48. The summed E-state index contributed by atoms with van der Waals surface area (Å²) in [4.78, 5) is 35.5. The summed E-state index contributed by atoms with van der Waals surface area (Å²) < 4.78 is 17.5. The summed E-state index contributed by atoms with van der Waals surface area (Å²) in [7, 11) is 0. The molecule has 0 aliphatic heterocycles. The van der Waals surface area contributed by atoms with Crippen molar-refractivity contribution < 1.29 is 14.0 Å². The van der Waals surface area contributed by atoms with E-state index in [0.717, 1.165) is 28.3 Å². The van der Waals surface area contributed by atoms with E-state index in [9.17, 15) is 14.0 Å². The van der Waals surface area contributed by atoms with Gasteiger partial charge in [-0.05, 0) is 145 Å². The third kappa shape index (κ3) is 11.5. The average Bonchev–Trinajstić information content (AvgIpc) is 3.83. The van der Waals surface area contributed by atoms with Crippen molar-refractivity contribution in [2.75, 3.05) is 0 Å². The van der Waals surface area contributed by atoms with Crippen LogP contribution in [0.25, 0.3) is 45.3 Å². The van der Waals surface area contributed by atoms with E-state index in [0.29, 0.717) is 28.1 Å². The third-order valence-electron chi connectivity index (χ3n) is 8.80. The number of hydrogen-bond donors (Lipinski definition) is 2. The van der Waals surface area contributed by atoms with Crippen LogP contribution in [0.2, 0.25) is 5.02 Å². The number of aryl methyl sites for hydroxylation is 1. The van der Waals surface area contributed by atoms with E-state index >= 15 is 0 Å². The molecule has 4 heterocycles. The molecule has 2 amide bonds. The molecule has 0 fully saturated rings. The third-order valence-corrected chi connectivity index (χ3v) is 9.09. The van der Waals surface area contributed by atoms with Crippen molar-refractivity contribution >= 4 is 23.4 Å². The van der Waals surface area contributed by atoms with E-state index < -0.39 is 11.4 Å². The van der Waals surface area contributed by atoms with E-state index in [1.807, 2.05) is 108 Å². The second kappa shape index (κ2) is 16.9. The van der Waals surface area contributed by atoms with Gasteiger partial charge in [0, 0.05) is 45.7 Å². The highest BCUT2D eigenvalue weighted by Gasteiger charge is 2.24. The van der Waals surface area contributed by atoms with Crippen molar-refractivity contribution in [2.24, 2.45) is 0 Å². The molecule has 0 aliphatic carbocycles. The quantitative estimate of drug-likeness (QED) is 0.173. The Morgan fingerprint density at radius 1 is 0.559 bits per heavy atom. The van der Waals surface area contributed by atoms with Crippen LogP contribution in [0.4, 0.5) is 4.39 Å². The zero-order chi connectivity index (χ0) is 43.7. The van der Waals surface area contributed by atoms with Crippen molar-refractivity contribution in [2.45, 2.75) is 112 Å². The van der Waals surface area contributed by atoms with Gasteiger partial charge in [-0.3, -0.25) is 19.0 Å². The summed E-state index contributed by atoms with van der Waals surface area (Å²) in [5.74, 6) is -0.841. The Morgan fingerprint density at radius 3 is 1.34 bits per heavy atom. The minimum absolute atomic E-state index is 0.000120. The van der Waals surface area contributed by atoms with Gasteiger partial charge in [0.1, 0.15) is 5.82 Å². The van der Waals surface area contributed by atoms with Crippen LogP contribution in [0.5, 0.6) is 0 Å². The molecule has 0 saturated carbocycles. The van der Waals surface area contributed by atoms with Crippen molar-refractivity contribution in [3.05, 3.63) is 119 Å². The number of pyridine rings is 2. The number of hydrogen-bond acceptors (Lipinski definition) is 6. The number of carbonyl (C=O) groups is 2. The van der Waals surface area contributed by atoms with Gasteiger partial charge in [0.2, 0.25) is 0 Å². The number of carbonyl (C=O) groups excluding carboxylic acids is 2. The number of nitrogens with one attached hydrogen (secondary N) is 2. The number of benzene rings is 2. The molecule has 6 rings (SSSR count). The molecular formula is C47H56ClFN8O2. The predicted octanol–water partition coefficient (Wildman–Crippen LogP) is 10.9. The zero-order valence-electron chi connectivity index (χ0n) is 36.4. The zero-order valence-corrected chi connectivity index (χ0v) is 37.2. The highest BCUT2D eigenvalue weighted by molar-refractivity contribution is 6.31. The van der Waals surface area contributed by atoms with E-state index in [-0.39, 0.29) is 33.5 Å². The van der Waals surface area contributed by atoms with Crippen molar-refractivity contribution in [3.8, 4) is 45.3 Å². The van der Waals surface area contributed by atoms with Crippen LogP contribution in [0.3, 0.4) is 0 Å². The molecule has 0 atom stereocenters. The maximum atomic E-state index is 13.7. The number of rotatable bonds is 6. The van der Waals surface area contributed by atoms with Gasteiger partial charge in [-0.25, -0.2) is 14.4 Å². The number of nitrogens with zero attached hydrogens (tertiary/aromatic N) is 6. The van der Waals surface area contributed by atoms with E-state index in [2.05, 4.69) is 60.7 Å². The molecule has 0 bridgehead atoms. The Morgan fingerprint density at radius 2 is 0.949 bits per heavy atom. The Balaban J connectivity index is 0.000000224. The molecule has 10 nitrogen and oxygen atoms in total. The molecule has 2 N–H and O–H groups in total. The molecule has 0 radical (unpaired) electrons. The molecule has 310 valence electrons. The van der Waals surface area contributed by atoms with Crippen LogP contribution in [-0.2, 0) is 11.1 Å². The van der Waals surface area contributed by atoms with E-state index in [1.54, 1.807) is 30.6 Å². The predicted molar refractivity (Wildman–Crippen MR) is 236 cm³/mol. The van der Waals surface area contributed by atoms with Crippen LogP contribution in [-0.4, -0.2) is 52.4 Å².